The molecule has 1 aliphatic rings. The molecule has 1 aliphatic heterocycles. The SMILES string of the molecule is CC(C)(C)c1cccc(CN[C@H]2CS(=O)C[C@@H](Cc3cc(F)c(N)c(OCC(F)(F)F)c3)[C@@H]2O)c1.Cl.Cl. The van der Waals surface area contributed by atoms with Crippen molar-refractivity contribution in [2.24, 2.45) is 5.92 Å². The monoisotopic (exact) mass is 588 g/mol. The average Bonchev–Trinajstić information content (AvgIpc) is 2.75. The van der Waals surface area contributed by atoms with Crippen molar-refractivity contribution in [2.75, 3.05) is 23.8 Å². The molecule has 37 heavy (non-hydrogen) atoms. The highest BCUT2D eigenvalue weighted by Gasteiger charge is 2.36. The number of nitrogen functional groups attached to an aromatic ring is 1. The molecule has 1 fully saturated rings. The van der Waals surface area contributed by atoms with Gasteiger partial charge in [-0.05, 0) is 40.7 Å². The molecule has 1 saturated heterocycles. The van der Waals surface area contributed by atoms with Crippen LogP contribution in [0.1, 0.15) is 37.5 Å². The van der Waals surface area contributed by atoms with Gasteiger partial charge in [0.2, 0.25) is 0 Å². The second-order valence-corrected chi connectivity index (χ2v) is 11.6. The normalized spacial score (nSPS) is 22.1. The summed E-state index contributed by atoms with van der Waals surface area (Å²) in [6.45, 7) is 5.24. The zero-order valence-electron chi connectivity index (χ0n) is 20.8. The third-order valence-electron chi connectivity index (χ3n) is 6.06. The molecule has 0 amide bonds. The van der Waals surface area contributed by atoms with Crippen molar-refractivity contribution in [3.8, 4) is 5.75 Å². The molecular weight excluding hydrogens is 555 g/mol. The Morgan fingerprint density at radius 2 is 1.78 bits per heavy atom. The van der Waals surface area contributed by atoms with Crippen LogP contribution in [0.4, 0.5) is 23.2 Å². The Balaban J connectivity index is 0.00000342. The Kier molecular flexibility index (Phi) is 12.2. The number of hydrogen-bond donors (Lipinski definition) is 3. The predicted molar refractivity (Wildman–Crippen MR) is 144 cm³/mol. The Hall–Kier alpha value is -1.59. The van der Waals surface area contributed by atoms with Crippen molar-refractivity contribution in [2.45, 2.75) is 57.5 Å². The maximum absolute atomic E-state index is 14.3. The van der Waals surface area contributed by atoms with Crippen molar-refractivity contribution in [1.82, 2.24) is 5.32 Å². The van der Waals surface area contributed by atoms with E-state index >= 15 is 0 Å². The lowest BCUT2D eigenvalue weighted by Crippen LogP contribution is -2.53. The molecule has 2 aromatic carbocycles. The summed E-state index contributed by atoms with van der Waals surface area (Å²) in [5.74, 6) is -1.32. The third-order valence-corrected chi connectivity index (χ3v) is 7.59. The maximum Gasteiger partial charge on any atom is 0.422 e. The highest BCUT2D eigenvalue weighted by molar-refractivity contribution is 7.85. The van der Waals surface area contributed by atoms with E-state index in [1.165, 1.54) is 11.6 Å². The number of hydrogen-bond acceptors (Lipinski definition) is 5. The van der Waals surface area contributed by atoms with Gasteiger partial charge in [0.25, 0.3) is 0 Å². The quantitative estimate of drug-likeness (QED) is 0.315. The van der Waals surface area contributed by atoms with Crippen molar-refractivity contribution >= 4 is 41.3 Å². The molecule has 0 radical (unpaired) electrons. The molecule has 0 aromatic heterocycles. The van der Waals surface area contributed by atoms with Gasteiger partial charge in [0.05, 0.1) is 6.10 Å². The number of alkyl halides is 3. The first kappa shape index (κ1) is 33.4. The molecule has 5 nitrogen and oxygen atoms in total. The van der Waals surface area contributed by atoms with E-state index in [0.29, 0.717) is 12.1 Å². The van der Waals surface area contributed by atoms with Crippen LogP contribution in [0.15, 0.2) is 36.4 Å². The molecule has 0 spiro atoms. The van der Waals surface area contributed by atoms with Gasteiger partial charge in [0, 0.05) is 40.8 Å². The molecule has 3 rings (SSSR count). The van der Waals surface area contributed by atoms with Crippen molar-refractivity contribution in [1.29, 1.82) is 0 Å². The van der Waals surface area contributed by atoms with E-state index in [2.05, 4.69) is 43.0 Å². The van der Waals surface area contributed by atoms with Gasteiger partial charge in [-0.2, -0.15) is 13.2 Å². The number of rotatable bonds is 7. The molecule has 4 atom stereocenters. The highest BCUT2D eigenvalue weighted by atomic mass is 35.5. The topological polar surface area (TPSA) is 84.6 Å². The van der Waals surface area contributed by atoms with Crippen LogP contribution in [0.3, 0.4) is 0 Å². The number of nitrogens with two attached hydrogens (primary N) is 1. The second kappa shape index (κ2) is 13.5. The molecule has 0 aliphatic carbocycles. The van der Waals surface area contributed by atoms with E-state index in [1.807, 2.05) is 12.1 Å². The number of nitrogens with one attached hydrogen (secondary N) is 1. The van der Waals surface area contributed by atoms with Crippen LogP contribution in [0.5, 0.6) is 5.75 Å². The minimum Gasteiger partial charge on any atom is -0.482 e. The van der Waals surface area contributed by atoms with Crippen LogP contribution in [0.2, 0.25) is 0 Å². The van der Waals surface area contributed by atoms with E-state index in [4.69, 9.17) is 5.73 Å². The number of halogens is 6. The largest absolute Gasteiger partial charge is 0.482 e. The first-order chi connectivity index (χ1) is 16.2. The van der Waals surface area contributed by atoms with E-state index in [1.54, 1.807) is 0 Å². The van der Waals surface area contributed by atoms with Gasteiger partial charge in [-0.15, -0.1) is 24.8 Å². The molecule has 4 N–H and O–H groups in total. The Morgan fingerprint density at radius 1 is 1.11 bits per heavy atom. The summed E-state index contributed by atoms with van der Waals surface area (Å²) < 4.78 is 69.1. The Morgan fingerprint density at radius 3 is 2.41 bits per heavy atom. The third kappa shape index (κ3) is 9.58. The maximum atomic E-state index is 14.3. The van der Waals surface area contributed by atoms with Crippen LogP contribution in [-0.4, -0.2) is 45.8 Å². The van der Waals surface area contributed by atoms with E-state index in [0.717, 1.165) is 11.6 Å². The predicted octanol–water partition coefficient (Wildman–Crippen LogP) is 4.93. The molecule has 0 bridgehead atoms. The number of aliphatic hydroxyl groups excluding tert-OH is 1. The van der Waals surface area contributed by atoms with Crippen molar-refractivity contribution in [3.63, 3.8) is 0 Å². The van der Waals surface area contributed by atoms with E-state index < -0.39 is 58.9 Å². The first-order valence-corrected chi connectivity index (χ1v) is 12.8. The lowest BCUT2D eigenvalue weighted by Gasteiger charge is -2.35. The smallest absolute Gasteiger partial charge is 0.422 e. The minimum atomic E-state index is -4.60. The summed E-state index contributed by atoms with van der Waals surface area (Å²) in [6.07, 6.45) is -5.36. The van der Waals surface area contributed by atoms with Gasteiger partial charge in [-0.3, -0.25) is 4.21 Å². The fourth-order valence-corrected chi connectivity index (χ4v) is 5.78. The second-order valence-electron chi connectivity index (χ2n) is 10.1. The molecule has 12 heteroatoms. The van der Waals surface area contributed by atoms with Gasteiger partial charge in [0.1, 0.15) is 17.3 Å². The first-order valence-electron chi connectivity index (χ1n) is 11.4. The Bertz CT molecular complexity index is 1070. The number of aliphatic hydroxyl groups is 1. The standard InChI is InChI=1S/C25H32F4N2O3S.2ClH/c1-24(2,3)18-6-4-5-15(8-18)11-31-20-13-35(33)12-17(23(20)32)7-16-9-19(26)22(30)21(10-16)34-14-25(27,28)29;;/h4-6,8-10,17,20,23,31-32H,7,11-14,30H2,1-3H3;2*1H/t17-,20+,23+,35?;;/m1../s1. The van der Waals surface area contributed by atoms with Gasteiger partial charge in [0.15, 0.2) is 6.61 Å². The van der Waals surface area contributed by atoms with Crippen LogP contribution in [-0.2, 0) is 29.2 Å². The van der Waals surface area contributed by atoms with Gasteiger partial charge < -0.3 is 20.9 Å². The summed E-state index contributed by atoms with van der Waals surface area (Å²) in [4.78, 5) is 0. The lowest BCUT2D eigenvalue weighted by molar-refractivity contribution is -0.153. The van der Waals surface area contributed by atoms with E-state index in [9.17, 15) is 26.9 Å². The average molecular weight is 590 g/mol. The summed E-state index contributed by atoms with van der Waals surface area (Å²) in [6, 6.07) is 10.0. The number of anilines is 1. The number of ether oxygens (including phenoxy) is 1. The molecular formula is C25H34Cl2F4N2O3S. The zero-order valence-corrected chi connectivity index (χ0v) is 23.3. The summed E-state index contributed by atoms with van der Waals surface area (Å²) in [5.41, 5.74) is 7.54. The minimum absolute atomic E-state index is 0. The van der Waals surface area contributed by atoms with Crippen molar-refractivity contribution in [3.05, 3.63) is 58.9 Å². The molecule has 1 heterocycles. The van der Waals surface area contributed by atoms with E-state index in [-0.39, 0.29) is 48.2 Å². The molecule has 1 unspecified atom stereocenters. The summed E-state index contributed by atoms with van der Waals surface area (Å²) in [5, 5.41) is 14.3. The molecule has 0 saturated carbocycles. The lowest BCUT2D eigenvalue weighted by atomic mass is 9.86. The molecule has 210 valence electrons. The summed E-state index contributed by atoms with van der Waals surface area (Å²) in [7, 11) is -1.22. The van der Waals surface area contributed by atoms with Gasteiger partial charge in [-0.25, -0.2) is 4.39 Å². The molecule has 2 aromatic rings. The van der Waals surface area contributed by atoms with Crippen LogP contribution < -0.4 is 15.8 Å². The van der Waals surface area contributed by atoms with Crippen LogP contribution in [0, 0.1) is 11.7 Å². The fourth-order valence-electron chi connectivity index (χ4n) is 4.13. The van der Waals surface area contributed by atoms with Crippen LogP contribution in [0.25, 0.3) is 0 Å². The zero-order chi connectivity index (χ0) is 26.0. The van der Waals surface area contributed by atoms with Crippen molar-refractivity contribution < 1.29 is 31.6 Å². The Labute approximate surface area is 229 Å². The number of benzene rings is 2. The fraction of sp³-hybridized carbons (Fsp3) is 0.520. The van der Waals surface area contributed by atoms with Gasteiger partial charge in [-0.1, -0.05) is 45.0 Å². The highest BCUT2D eigenvalue weighted by Crippen LogP contribution is 2.31. The summed E-state index contributed by atoms with van der Waals surface area (Å²) >= 11 is 0. The van der Waals surface area contributed by atoms with Gasteiger partial charge >= 0.3 is 6.18 Å². The van der Waals surface area contributed by atoms with Crippen LogP contribution >= 0.6 is 24.8 Å².